The number of nitrogens with one attached hydrogen (secondary N) is 1. The molecule has 0 amide bonds. The molecule has 0 saturated carbocycles. The molecular weight excluding hydrogens is 233 g/mol. The van der Waals surface area contributed by atoms with Crippen molar-refractivity contribution in [2.45, 2.75) is 12.6 Å². The van der Waals surface area contributed by atoms with Crippen molar-refractivity contribution in [2.75, 3.05) is 11.9 Å². The summed E-state index contributed by atoms with van der Waals surface area (Å²) in [5.41, 5.74) is 1.20. The van der Waals surface area contributed by atoms with Gasteiger partial charge in [-0.05, 0) is 12.1 Å². The lowest BCUT2D eigenvalue weighted by Crippen LogP contribution is -2.16. The fourth-order valence-electron chi connectivity index (χ4n) is 1.27. The maximum absolute atomic E-state index is 11.9. The second-order valence-electron chi connectivity index (χ2n) is 3.42. The quantitative estimate of drug-likeness (QED) is 0.897. The van der Waals surface area contributed by atoms with Crippen LogP contribution >= 0.6 is 0 Å². The van der Waals surface area contributed by atoms with Gasteiger partial charge in [-0.25, -0.2) is 4.98 Å². The summed E-state index contributed by atoms with van der Waals surface area (Å²) in [5.74, 6) is 0.105. The van der Waals surface area contributed by atoms with Gasteiger partial charge in [-0.2, -0.15) is 13.2 Å². The van der Waals surface area contributed by atoms with Gasteiger partial charge in [0, 0.05) is 6.54 Å². The Balaban J connectivity index is 2.04. The highest BCUT2D eigenvalue weighted by Gasteiger charge is 2.26. The Morgan fingerprint density at radius 2 is 1.76 bits per heavy atom. The number of para-hydroxylation sites is 1. The van der Waals surface area contributed by atoms with Crippen LogP contribution in [0.5, 0.6) is 0 Å². The number of anilines is 1. The van der Waals surface area contributed by atoms with Crippen LogP contribution in [0.1, 0.15) is 6.42 Å². The molecule has 17 heavy (non-hydrogen) atoms. The first-order chi connectivity index (χ1) is 8.04. The SMILES string of the molecule is FC(F)(F)CCNc1nnc2ccccc2n1. The van der Waals surface area contributed by atoms with E-state index in [1.807, 2.05) is 0 Å². The van der Waals surface area contributed by atoms with Crippen LogP contribution in [0.25, 0.3) is 11.0 Å². The minimum Gasteiger partial charge on any atom is -0.353 e. The van der Waals surface area contributed by atoms with E-state index in [4.69, 9.17) is 0 Å². The van der Waals surface area contributed by atoms with E-state index in [-0.39, 0.29) is 12.5 Å². The zero-order chi connectivity index (χ0) is 12.3. The number of hydrogen-bond acceptors (Lipinski definition) is 4. The lowest BCUT2D eigenvalue weighted by atomic mass is 10.3. The van der Waals surface area contributed by atoms with Crippen molar-refractivity contribution in [1.29, 1.82) is 0 Å². The number of hydrogen-bond donors (Lipinski definition) is 1. The van der Waals surface area contributed by atoms with E-state index in [0.717, 1.165) is 0 Å². The molecule has 0 saturated heterocycles. The minimum absolute atomic E-state index is 0.105. The Morgan fingerprint density at radius 1 is 1.06 bits per heavy atom. The molecule has 1 aromatic heterocycles. The number of aromatic nitrogens is 3. The zero-order valence-electron chi connectivity index (χ0n) is 8.70. The van der Waals surface area contributed by atoms with Crippen molar-refractivity contribution in [1.82, 2.24) is 15.2 Å². The van der Waals surface area contributed by atoms with Crippen LogP contribution in [0.15, 0.2) is 24.3 Å². The van der Waals surface area contributed by atoms with E-state index in [0.29, 0.717) is 11.0 Å². The van der Waals surface area contributed by atoms with Gasteiger partial charge in [0.1, 0.15) is 5.52 Å². The smallest absolute Gasteiger partial charge is 0.353 e. The molecule has 7 heteroatoms. The number of benzene rings is 1. The number of halogens is 3. The summed E-state index contributed by atoms with van der Waals surface area (Å²) >= 11 is 0. The summed E-state index contributed by atoms with van der Waals surface area (Å²) in [6, 6.07) is 7.01. The van der Waals surface area contributed by atoms with Crippen molar-refractivity contribution in [3.63, 3.8) is 0 Å². The normalized spacial score (nSPS) is 11.7. The fourth-order valence-corrected chi connectivity index (χ4v) is 1.27. The lowest BCUT2D eigenvalue weighted by molar-refractivity contribution is -0.131. The van der Waals surface area contributed by atoms with Gasteiger partial charge in [-0.1, -0.05) is 12.1 Å². The average molecular weight is 242 g/mol. The van der Waals surface area contributed by atoms with Crippen molar-refractivity contribution in [2.24, 2.45) is 0 Å². The predicted molar refractivity (Wildman–Crippen MR) is 56.5 cm³/mol. The summed E-state index contributed by atoms with van der Waals surface area (Å²) in [6.07, 6.45) is -5.11. The Morgan fingerprint density at radius 3 is 2.47 bits per heavy atom. The largest absolute Gasteiger partial charge is 0.390 e. The highest BCUT2D eigenvalue weighted by atomic mass is 19.4. The molecule has 0 radical (unpaired) electrons. The van der Waals surface area contributed by atoms with E-state index in [2.05, 4.69) is 20.5 Å². The molecule has 90 valence electrons. The third-order valence-corrected chi connectivity index (χ3v) is 2.05. The Kier molecular flexibility index (Phi) is 3.08. The van der Waals surface area contributed by atoms with Crippen LogP contribution < -0.4 is 5.32 Å². The monoisotopic (exact) mass is 242 g/mol. The first-order valence-electron chi connectivity index (χ1n) is 4.95. The summed E-state index contributed by atoms with van der Waals surface area (Å²) in [5, 5.41) is 10.0. The standard InChI is InChI=1S/C10H9F3N4/c11-10(12,13)5-6-14-9-15-7-3-1-2-4-8(7)16-17-9/h1-4H,5-6H2,(H,14,15,17). The van der Waals surface area contributed by atoms with E-state index < -0.39 is 12.6 Å². The van der Waals surface area contributed by atoms with E-state index >= 15 is 0 Å². The maximum Gasteiger partial charge on any atom is 0.390 e. The molecule has 0 spiro atoms. The zero-order valence-corrected chi connectivity index (χ0v) is 8.70. The van der Waals surface area contributed by atoms with Crippen LogP contribution in [0.3, 0.4) is 0 Å². The maximum atomic E-state index is 11.9. The number of rotatable bonds is 3. The predicted octanol–water partition coefficient (Wildman–Crippen LogP) is 2.39. The minimum atomic E-state index is -4.18. The molecule has 0 aliphatic rings. The highest BCUT2D eigenvalue weighted by molar-refractivity contribution is 5.73. The summed E-state index contributed by atoms with van der Waals surface area (Å²) in [7, 11) is 0. The molecule has 1 heterocycles. The first-order valence-corrected chi connectivity index (χ1v) is 4.95. The third kappa shape index (κ3) is 3.27. The van der Waals surface area contributed by atoms with Gasteiger partial charge in [-0.3, -0.25) is 0 Å². The van der Waals surface area contributed by atoms with Crippen LogP contribution in [0.4, 0.5) is 19.1 Å². The number of fused-ring (bicyclic) bond motifs is 1. The van der Waals surface area contributed by atoms with Crippen LogP contribution in [-0.2, 0) is 0 Å². The summed E-state index contributed by atoms with van der Waals surface area (Å²) < 4.78 is 35.7. The van der Waals surface area contributed by atoms with Gasteiger partial charge in [0.05, 0.1) is 11.9 Å². The Labute approximate surface area is 94.9 Å². The highest BCUT2D eigenvalue weighted by Crippen LogP contribution is 2.19. The first kappa shape index (κ1) is 11.6. The van der Waals surface area contributed by atoms with Gasteiger partial charge in [0.15, 0.2) is 0 Å². The molecular formula is C10H9F3N4. The van der Waals surface area contributed by atoms with E-state index in [1.165, 1.54) is 0 Å². The molecule has 0 unspecified atom stereocenters. The molecule has 0 fully saturated rings. The summed E-state index contributed by atoms with van der Waals surface area (Å²) in [4.78, 5) is 4.04. The van der Waals surface area contributed by atoms with Gasteiger partial charge in [0.25, 0.3) is 0 Å². The lowest BCUT2D eigenvalue weighted by Gasteiger charge is -2.07. The molecule has 0 aliphatic heterocycles. The summed E-state index contributed by atoms with van der Waals surface area (Å²) in [6.45, 7) is -0.260. The molecule has 4 nitrogen and oxygen atoms in total. The van der Waals surface area contributed by atoms with Crippen LogP contribution in [0, 0.1) is 0 Å². The van der Waals surface area contributed by atoms with Crippen molar-refractivity contribution in [3.05, 3.63) is 24.3 Å². The van der Waals surface area contributed by atoms with E-state index in [9.17, 15) is 13.2 Å². The average Bonchev–Trinajstić information content (AvgIpc) is 2.27. The fraction of sp³-hybridized carbons (Fsp3) is 0.300. The number of alkyl halides is 3. The van der Waals surface area contributed by atoms with Gasteiger partial charge in [0.2, 0.25) is 5.95 Å². The molecule has 2 rings (SSSR count). The second kappa shape index (κ2) is 4.52. The second-order valence-corrected chi connectivity index (χ2v) is 3.42. The third-order valence-electron chi connectivity index (χ3n) is 2.05. The Hall–Kier alpha value is -1.92. The Bertz CT molecular complexity index is 512. The van der Waals surface area contributed by atoms with Crippen molar-refractivity contribution >= 4 is 17.0 Å². The van der Waals surface area contributed by atoms with Crippen molar-refractivity contribution in [3.8, 4) is 0 Å². The van der Waals surface area contributed by atoms with Gasteiger partial charge in [-0.15, -0.1) is 10.2 Å². The van der Waals surface area contributed by atoms with Crippen LogP contribution in [0.2, 0.25) is 0 Å². The molecule has 1 aromatic carbocycles. The van der Waals surface area contributed by atoms with Crippen LogP contribution in [-0.4, -0.2) is 27.9 Å². The topological polar surface area (TPSA) is 50.7 Å². The molecule has 2 aromatic rings. The number of nitrogens with zero attached hydrogens (tertiary/aromatic N) is 3. The van der Waals surface area contributed by atoms with Crippen molar-refractivity contribution < 1.29 is 13.2 Å². The van der Waals surface area contributed by atoms with Gasteiger partial charge >= 0.3 is 6.18 Å². The molecule has 1 N–H and O–H groups in total. The molecule has 0 aliphatic carbocycles. The van der Waals surface area contributed by atoms with Gasteiger partial charge < -0.3 is 5.32 Å². The van der Waals surface area contributed by atoms with E-state index in [1.54, 1.807) is 24.3 Å². The molecule has 0 bridgehead atoms. The molecule has 0 atom stereocenters.